The zero-order chi connectivity index (χ0) is 18.7. The Hall–Kier alpha value is -1.60. The van der Waals surface area contributed by atoms with Crippen LogP contribution in [-0.4, -0.2) is 31.8 Å². The first-order valence-corrected chi connectivity index (χ1v) is 10.3. The molecule has 3 rings (SSSR count). The second-order valence-electron chi connectivity index (χ2n) is 5.92. The van der Waals surface area contributed by atoms with Gasteiger partial charge in [0, 0.05) is 28.7 Å². The van der Waals surface area contributed by atoms with E-state index in [2.05, 4.69) is 0 Å². The quantitative estimate of drug-likeness (QED) is 0.690. The number of hydrogen-bond acceptors (Lipinski definition) is 4. The number of sulfonamides is 1. The fourth-order valence-corrected chi connectivity index (χ4v) is 4.82. The number of carbonyl (C=O) groups is 1. The lowest BCUT2D eigenvalue weighted by Gasteiger charge is -2.16. The lowest BCUT2D eigenvalue weighted by molar-refractivity contribution is 0.0472. The zero-order valence-corrected chi connectivity index (χ0v) is 16.1. The molecule has 138 valence electrons. The van der Waals surface area contributed by atoms with E-state index in [1.54, 1.807) is 18.2 Å². The van der Waals surface area contributed by atoms with Crippen LogP contribution in [-0.2, 0) is 21.4 Å². The van der Waals surface area contributed by atoms with E-state index in [1.807, 2.05) is 0 Å². The van der Waals surface area contributed by atoms with Crippen molar-refractivity contribution in [3.8, 4) is 0 Å². The fourth-order valence-electron chi connectivity index (χ4n) is 2.75. The van der Waals surface area contributed by atoms with E-state index in [-0.39, 0.29) is 17.1 Å². The molecule has 5 nitrogen and oxygen atoms in total. The summed E-state index contributed by atoms with van der Waals surface area (Å²) in [6.07, 6.45) is 1.69. The lowest BCUT2D eigenvalue weighted by atomic mass is 10.2. The molecule has 0 spiro atoms. The van der Waals surface area contributed by atoms with Crippen molar-refractivity contribution in [1.82, 2.24) is 4.31 Å². The van der Waals surface area contributed by atoms with Gasteiger partial charge in [-0.05, 0) is 43.2 Å². The highest BCUT2D eigenvalue weighted by atomic mass is 35.5. The fraction of sp³-hybridized carbons (Fsp3) is 0.278. The molecule has 1 fully saturated rings. The first kappa shape index (κ1) is 19.2. The predicted molar refractivity (Wildman–Crippen MR) is 100 cm³/mol. The molecule has 26 heavy (non-hydrogen) atoms. The van der Waals surface area contributed by atoms with E-state index >= 15 is 0 Å². The Morgan fingerprint density at radius 1 is 1.04 bits per heavy atom. The van der Waals surface area contributed by atoms with E-state index in [0.29, 0.717) is 28.7 Å². The van der Waals surface area contributed by atoms with E-state index < -0.39 is 16.0 Å². The molecule has 0 bridgehead atoms. The summed E-state index contributed by atoms with van der Waals surface area (Å²) in [5, 5.41) is 0.798. The second kappa shape index (κ2) is 7.96. The summed E-state index contributed by atoms with van der Waals surface area (Å²) in [6, 6.07) is 10.9. The van der Waals surface area contributed by atoms with Gasteiger partial charge in [-0.2, -0.15) is 4.31 Å². The van der Waals surface area contributed by atoms with E-state index in [4.69, 9.17) is 27.9 Å². The van der Waals surface area contributed by atoms with Crippen LogP contribution in [0.5, 0.6) is 0 Å². The van der Waals surface area contributed by atoms with Crippen molar-refractivity contribution in [1.29, 1.82) is 0 Å². The first-order valence-electron chi connectivity index (χ1n) is 8.10. The maximum absolute atomic E-state index is 12.6. The number of carbonyl (C=O) groups excluding carboxylic acids is 1. The molecular weight excluding hydrogens is 397 g/mol. The number of benzene rings is 2. The van der Waals surface area contributed by atoms with Crippen LogP contribution in [0.1, 0.15) is 28.8 Å². The van der Waals surface area contributed by atoms with Crippen molar-refractivity contribution in [2.45, 2.75) is 24.3 Å². The van der Waals surface area contributed by atoms with Gasteiger partial charge >= 0.3 is 5.97 Å². The number of hydrogen-bond donors (Lipinski definition) is 0. The zero-order valence-electron chi connectivity index (χ0n) is 13.8. The van der Waals surface area contributed by atoms with Crippen LogP contribution in [0, 0.1) is 0 Å². The number of halogens is 2. The van der Waals surface area contributed by atoms with Gasteiger partial charge in [-0.15, -0.1) is 0 Å². The molecule has 1 aliphatic rings. The lowest BCUT2D eigenvalue weighted by Crippen LogP contribution is -2.28. The second-order valence-corrected chi connectivity index (χ2v) is 8.67. The standard InChI is InChI=1S/C18H17Cl2NO4S/c19-16-7-4-8-17(20)15(16)12-25-18(22)13-5-3-6-14(11-13)26(23,24)21-9-1-2-10-21/h3-8,11H,1-2,9-10,12H2. The van der Waals surface area contributed by atoms with Crippen molar-refractivity contribution < 1.29 is 17.9 Å². The molecule has 2 aromatic rings. The summed E-state index contributed by atoms with van der Waals surface area (Å²) in [4.78, 5) is 12.4. The summed E-state index contributed by atoms with van der Waals surface area (Å²) in [5.74, 6) is -0.639. The average molecular weight is 414 g/mol. The number of ether oxygens (including phenoxy) is 1. The van der Waals surface area contributed by atoms with Crippen molar-refractivity contribution >= 4 is 39.2 Å². The van der Waals surface area contributed by atoms with Crippen LogP contribution >= 0.6 is 23.2 Å². The van der Waals surface area contributed by atoms with Crippen LogP contribution in [0.4, 0.5) is 0 Å². The van der Waals surface area contributed by atoms with Gasteiger partial charge in [0.15, 0.2) is 0 Å². The van der Waals surface area contributed by atoms with Crippen LogP contribution in [0.3, 0.4) is 0 Å². The Bertz CT molecular complexity index is 904. The average Bonchev–Trinajstić information content (AvgIpc) is 3.17. The van der Waals surface area contributed by atoms with Crippen molar-refractivity contribution in [3.05, 3.63) is 63.6 Å². The SMILES string of the molecule is O=C(OCc1c(Cl)cccc1Cl)c1cccc(S(=O)(=O)N2CCCC2)c1. The Morgan fingerprint density at radius 3 is 2.31 bits per heavy atom. The van der Waals surface area contributed by atoms with Gasteiger partial charge in [-0.1, -0.05) is 35.3 Å². The summed E-state index contributed by atoms with van der Waals surface area (Å²) < 4.78 is 31.9. The van der Waals surface area contributed by atoms with Gasteiger partial charge in [0.25, 0.3) is 0 Å². The maximum atomic E-state index is 12.6. The van der Waals surface area contributed by atoms with E-state index in [1.165, 1.54) is 28.6 Å². The molecule has 0 aromatic heterocycles. The third-order valence-corrected chi connectivity index (χ3v) is 6.78. The third-order valence-electron chi connectivity index (χ3n) is 4.18. The number of nitrogens with zero attached hydrogens (tertiary/aromatic N) is 1. The Balaban J connectivity index is 1.76. The Labute approximate surface area is 162 Å². The number of esters is 1. The van der Waals surface area contributed by atoms with Crippen LogP contribution < -0.4 is 0 Å². The largest absolute Gasteiger partial charge is 0.457 e. The normalized spacial score (nSPS) is 15.2. The monoisotopic (exact) mass is 413 g/mol. The minimum absolute atomic E-state index is 0.0876. The van der Waals surface area contributed by atoms with Crippen LogP contribution in [0.2, 0.25) is 10.0 Å². The van der Waals surface area contributed by atoms with Crippen LogP contribution in [0.15, 0.2) is 47.4 Å². The van der Waals surface area contributed by atoms with Crippen molar-refractivity contribution in [3.63, 3.8) is 0 Å². The minimum atomic E-state index is -3.59. The predicted octanol–water partition coefficient (Wildman–Crippen LogP) is 4.13. The third kappa shape index (κ3) is 4.04. The molecule has 1 aliphatic heterocycles. The molecule has 0 unspecified atom stereocenters. The number of rotatable bonds is 5. The molecule has 1 heterocycles. The molecule has 1 saturated heterocycles. The molecule has 0 radical (unpaired) electrons. The topological polar surface area (TPSA) is 63.7 Å². The summed E-state index contributed by atoms with van der Waals surface area (Å²) in [5.41, 5.74) is 0.665. The Morgan fingerprint density at radius 2 is 1.65 bits per heavy atom. The van der Waals surface area contributed by atoms with Gasteiger partial charge in [0.2, 0.25) is 10.0 Å². The first-order chi connectivity index (χ1) is 12.4. The summed E-state index contributed by atoms with van der Waals surface area (Å²) in [7, 11) is -3.59. The smallest absolute Gasteiger partial charge is 0.338 e. The highest BCUT2D eigenvalue weighted by molar-refractivity contribution is 7.89. The van der Waals surface area contributed by atoms with Crippen molar-refractivity contribution in [2.24, 2.45) is 0 Å². The Kier molecular flexibility index (Phi) is 5.87. The maximum Gasteiger partial charge on any atom is 0.338 e. The minimum Gasteiger partial charge on any atom is -0.457 e. The highest BCUT2D eigenvalue weighted by Gasteiger charge is 2.27. The van der Waals surface area contributed by atoms with Gasteiger partial charge in [-0.25, -0.2) is 13.2 Å². The summed E-state index contributed by atoms with van der Waals surface area (Å²) in [6.45, 7) is 0.907. The van der Waals surface area contributed by atoms with Crippen molar-refractivity contribution in [2.75, 3.05) is 13.1 Å². The van der Waals surface area contributed by atoms with Gasteiger partial charge < -0.3 is 4.74 Å². The van der Waals surface area contributed by atoms with Gasteiger partial charge in [0.1, 0.15) is 6.61 Å². The van der Waals surface area contributed by atoms with E-state index in [0.717, 1.165) is 12.8 Å². The highest BCUT2D eigenvalue weighted by Crippen LogP contribution is 2.26. The van der Waals surface area contributed by atoms with Gasteiger partial charge in [-0.3, -0.25) is 0 Å². The summed E-state index contributed by atoms with van der Waals surface area (Å²) >= 11 is 12.1. The molecule has 0 N–H and O–H groups in total. The van der Waals surface area contributed by atoms with E-state index in [9.17, 15) is 13.2 Å². The van der Waals surface area contributed by atoms with Crippen LogP contribution in [0.25, 0.3) is 0 Å². The molecule has 8 heteroatoms. The molecule has 0 saturated carbocycles. The van der Waals surface area contributed by atoms with Gasteiger partial charge in [0.05, 0.1) is 10.5 Å². The molecular formula is C18H17Cl2NO4S. The molecule has 0 aliphatic carbocycles. The molecule has 0 atom stereocenters. The molecule has 2 aromatic carbocycles. The molecule has 0 amide bonds.